The highest BCUT2D eigenvalue weighted by Gasteiger charge is 2.24. The van der Waals surface area contributed by atoms with E-state index >= 15 is 0 Å². The number of hydrogen-bond donors (Lipinski definition) is 0. The van der Waals surface area contributed by atoms with Crippen molar-refractivity contribution in [1.29, 1.82) is 0 Å². The van der Waals surface area contributed by atoms with Gasteiger partial charge in [-0.05, 0) is 13.8 Å². The molecule has 9 heavy (non-hydrogen) atoms. The molecule has 0 aliphatic carbocycles. The van der Waals surface area contributed by atoms with E-state index in [1.807, 2.05) is 13.8 Å². The van der Waals surface area contributed by atoms with Crippen molar-refractivity contribution >= 4 is 15.9 Å². The molecule has 0 radical (unpaired) electrons. The molecule has 1 nitrogen and oxygen atoms in total. The largest absolute Gasteiger partial charge is 0.373 e. The summed E-state index contributed by atoms with van der Waals surface area (Å²) in [7, 11) is 1.68. The molecule has 0 spiro atoms. The summed E-state index contributed by atoms with van der Waals surface area (Å²) >= 11 is 3.42. The number of rotatable bonds is 3. The Morgan fingerprint density at radius 2 is 2.22 bits per heavy atom. The Balaban J connectivity index is 4.08. The first-order valence-corrected chi connectivity index (χ1v) is 3.81. The van der Waals surface area contributed by atoms with Crippen molar-refractivity contribution in [1.82, 2.24) is 0 Å². The quantitative estimate of drug-likeness (QED) is 0.493. The van der Waals surface area contributed by atoms with E-state index in [1.54, 1.807) is 13.2 Å². The summed E-state index contributed by atoms with van der Waals surface area (Å²) in [5, 5.41) is 0. The minimum absolute atomic E-state index is 0.236. The molecule has 2 atom stereocenters. The van der Waals surface area contributed by atoms with Crippen molar-refractivity contribution in [3.63, 3.8) is 0 Å². The Morgan fingerprint density at radius 1 is 1.78 bits per heavy atom. The SMILES string of the molecule is C=CC(C)(OC)C(C)Br. The van der Waals surface area contributed by atoms with Gasteiger partial charge in [0.05, 0.1) is 5.60 Å². The minimum Gasteiger partial charge on any atom is -0.373 e. The first kappa shape index (κ1) is 9.18. The molecule has 2 unspecified atom stereocenters. The van der Waals surface area contributed by atoms with E-state index in [0.29, 0.717) is 4.83 Å². The van der Waals surface area contributed by atoms with Crippen molar-refractivity contribution < 1.29 is 4.74 Å². The third-order valence-electron chi connectivity index (χ3n) is 1.63. The van der Waals surface area contributed by atoms with Crippen LogP contribution in [0.3, 0.4) is 0 Å². The summed E-state index contributed by atoms with van der Waals surface area (Å²) in [6.45, 7) is 7.69. The van der Waals surface area contributed by atoms with Crippen LogP contribution >= 0.6 is 15.9 Å². The fraction of sp³-hybridized carbons (Fsp3) is 0.714. The van der Waals surface area contributed by atoms with E-state index in [2.05, 4.69) is 22.5 Å². The van der Waals surface area contributed by atoms with Gasteiger partial charge in [0.25, 0.3) is 0 Å². The van der Waals surface area contributed by atoms with Crippen LogP contribution in [0.1, 0.15) is 13.8 Å². The molecular weight excluding hydrogens is 180 g/mol. The molecule has 0 bridgehead atoms. The molecule has 0 saturated carbocycles. The second-order valence-corrected chi connectivity index (χ2v) is 3.58. The van der Waals surface area contributed by atoms with Gasteiger partial charge in [-0.2, -0.15) is 0 Å². The highest BCUT2D eigenvalue weighted by Crippen LogP contribution is 2.21. The van der Waals surface area contributed by atoms with Gasteiger partial charge in [-0.25, -0.2) is 0 Å². The third-order valence-corrected chi connectivity index (χ3v) is 2.54. The summed E-state index contributed by atoms with van der Waals surface area (Å²) in [4.78, 5) is 0.299. The zero-order valence-corrected chi connectivity index (χ0v) is 7.73. The molecule has 0 aromatic carbocycles. The standard InChI is InChI=1S/C7H13BrO/c1-5-7(3,9-4)6(2)8/h5-6H,1H2,2-4H3. The number of methoxy groups -OCH3 is 1. The van der Waals surface area contributed by atoms with E-state index < -0.39 is 0 Å². The maximum absolute atomic E-state index is 5.18. The van der Waals surface area contributed by atoms with E-state index in [9.17, 15) is 0 Å². The molecule has 0 aromatic rings. The van der Waals surface area contributed by atoms with Gasteiger partial charge in [0.1, 0.15) is 0 Å². The lowest BCUT2D eigenvalue weighted by Gasteiger charge is -2.26. The van der Waals surface area contributed by atoms with E-state index in [4.69, 9.17) is 4.74 Å². The molecule has 0 amide bonds. The summed E-state index contributed by atoms with van der Waals surface area (Å²) in [5.41, 5.74) is -0.236. The lowest BCUT2D eigenvalue weighted by molar-refractivity contribution is 0.0523. The molecule has 0 saturated heterocycles. The molecule has 0 fully saturated rings. The predicted molar refractivity (Wildman–Crippen MR) is 44.0 cm³/mol. The van der Waals surface area contributed by atoms with Gasteiger partial charge in [0.2, 0.25) is 0 Å². The zero-order chi connectivity index (χ0) is 7.49. The fourth-order valence-corrected chi connectivity index (χ4v) is 0.782. The van der Waals surface area contributed by atoms with Gasteiger partial charge >= 0.3 is 0 Å². The zero-order valence-electron chi connectivity index (χ0n) is 6.15. The Labute approximate surface area is 65.2 Å². The Bertz CT molecular complexity index is 101. The van der Waals surface area contributed by atoms with Crippen LogP contribution in [0.5, 0.6) is 0 Å². The molecule has 0 aromatic heterocycles. The minimum atomic E-state index is -0.236. The summed E-state index contributed by atoms with van der Waals surface area (Å²) < 4.78 is 5.18. The van der Waals surface area contributed by atoms with Crippen LogP contribution in [-0.2, 0) is 4.74 Å². The Morgan fingerprint density at radius 3 is 2.22 bits per heavy atom. The molecule has 0 aliphatic rings. The van der Waals surface area contributed by atoms with Crippen LogP contribution in [-0.4, -0.2) is 17.5 Å². The van der Waals surface area contributed by atoms with Crippen molar-refractivity contribution in [2.24, 2.45) is 0 Å². The topological polar surface area (TPSA) is 9.23 Å². The first-order valence-electron chi connectivity index (χ1n) is 2.89. The second-order valence-electron chi connectivity index (χ2n) is 2.21. The maximum Gasteiger partial charge on any atom is 0.0949 e. The number of ether oxygens (including phenoxy) is 1. The smallest absolute Gasteiger partial charge is 0.0949 e. The second kappa shape index (κ2) is 3.37. The average molecular weight is 193 g/mol. The number of hydrogen-bond acceptors (Lipinski definition) is 1. The molecule has 0 rings (SSSR count). The first-order chi connectivity index (χ1) is 4.06. The van der Waals surface area contributed by atoms with E-state index in [1.165, 1.54) is 0 Å². The average Bonchev–Trinajstić information content (AvgIpc) is 1.86. The number of alkyl halides is 1. The number of halogens is 1. The monoisotopic (exact) mass is 192 g/mol. The van der Waals surface area contributed by atoms with Gasteiger partial charge < -0.3 is 4.74 Å². The third kappa shape index (κ3) is 2.11. The molecule has 0 heterocycles. The summed E-state index contributed by atoms with van der Waals surface area (Å²) in [5.74, 6) is 0. The van der Waals surface area contributed by atoms with Crippen molar-refractivity contribution in [2.75, 3.05) is 7.11 Å². The molecular formula is C7H13BrO. The van der Waals surface area contributed by atoms with Gasteiger partial charge in [-0.3, -0.25) is 0 Å². The lowest BCUT2D eigenvalue weighted by atomic mass is 10.0. The van der Waals surface area contributed by atoms with Crippen molar-refractivity contribution in [2.45, 2.75) is 24.3 Å². The summed E-state index contributed by atoms with van der Waals surface area (Å²) in [6.07, 6.45) is 1.80. The lowest BCUT2D eigenvalue weighted by Crippen LogP contribution is -2.32. The fourth-order valence-electron chi connectivity index (χ4n) is 0.408. The van der Waals surface area contributed by atoms with Gasteiger partial charge in [0.15, 0.2) is 0 Å². The van der Waals surface area contributed by atoms with Crippen LogP contribution in [0.15, 0.2) is 12.7 Å². The molecule has 0 N–H and O–H groups in total. The highest BCUT2D eigenvalue weighted by atomic mass is 79.9. The van der Waals surface area contributed by atoms with Crippen LogP contribution in [0.25, 0.3) is 0 Å². The normalized spacial score (nSPS) is 20.4. The predicted octanol–water partition coefficient (Wildman–Crippen LogP) is 2.36. The van der Waals surface area contributed by atoms with Crippen molar-refractivity contribution in [3.8, 4) is 0 Å². The highest BCUT2D eigenvalue weighted by molar-refractivity contribution is 9.09. The van der Waals surface area contributed by atoms with Crippen LogP contribution < -0.4 is 0 Å². The summed E-state index contributed by atoms with van der Waals surface area (Å²) in [6, 6.07) is 0. The van der Waals surface area contributed by atoms with Crippen LogP contribution in [0.4, 0.5) is 0 Å². The Kier molecular flexibility index (Phi) is 3.44. The van der Waals surface area contributed by atoms with E-state index in [-0.39, 0.29) is 5.60 Å². The molecule has 0 aliphatic heterocycles. The van der Waals surface area contributed by atoms with Gasteiger partial charge in [-0.15, -0.1) is 6.58 Å². The van der Waals surface area contributed by atoms with Crippen LogP contribution in [0.2, 0.25) is 0 Å². The van der Waals surface area contributed by atoms with E-state index in [0.717, 1.165) is 0 Å². The molecule has 54 valence electrons. The molecule has 2 heteroatoms. The van der Waals surface area contributed by atoms with Gasteiger partial charge in [0, 0.05) is 11.9 Å². The van der Waals surface area contributed by atoms with Crippen molar-refractivity contribution in [3.05, 3.63) is 12.7 Å². The van der Waals surface area contributed by atoms with Gasteiger partial charge in [-0.1, -0.05) is 22.0 Å². The maximum atomic E-state index is 5.18. The Hall–Kier alpha value is 0.180. The van der Waals surface area contributed by atoms with Crippen LogP contribution in [0, 0.1) is 0 Å².